The van der Waals surface area contributed by atoms with Gasteiger partial charge >= 0.3 is 0 Å². The minimum Gasteiger partial charge on any atom is -0.481 e. The Bertz CT molecular complexity index is 652. The maximum absolute atomic E-state index is 12.5. The Morgan fingerprint density at radius 3 is 2.48 bits per heavy atom. The molecule has 2 aromatic rings. The lowest BCUT2D eigenvalue weighted by Gasteiger charge is -2.21. The number of carbonyl (C=O) groups excluding carboxylic acids is 1. The molecule has 0 saturated carbocycles. The average molecular weight is 311 g/mol. The maximum Gasteiger partial charge on any atom is 0.261 e. The second-order valence-corrected chi connectivity index (χ2v) is 5.91. The van der Waals surface area contributed by atoms with E-state index in [1.54, 1.807) is 6.92 Å². The second kappa shape index (κ2) is 7.82. The van der Waals surface area contributed by atoms with Crippen molar-refractivity contribution in [3.05, 3.63) is 65.2 Å². The molecule has 3 heteroatoms. The first kappa shape index (κ1) is 17.1. The van der Waals surface area contributed by atoms with Gasteiger partial charge in [0.05, 0.1) is 6.04 Å². The first-order chi connectivity index (χ1) is 11.0. The van der Waals surface area contributed by atoms with Gasteiger partial charge in [0.15, 0.2) is 6.10 Å². The third-order valence-corrected chi connectivity index (χ3v) is 3.94. The fraction of sp³-hybridized carbons (Fsp3) is 0.350. The van der Waals surface area contributed by atoms with Crippen LogP contribution in [0.4, 0.5) is 0 Å². The summed E-state index contributed by atoms with van der Waals surface area (Å²) < 4.78 is 5.86. The van der Waals surface area contributed by atoms with Crippen molar-refractivity contribution in [3.8, 4) is 5.75 Å². The summed E-state index contributed by atoms with van der Waals surface area (Å²) in [5, 5.41) is 3.07. The van der Waals surface area contributed by atoms with Gasteiger partial charge in [0.1, 0.15) is 5.75 Å². The lowest BCUT2D eigenvalue weighted by Crippen LogP contribution is -2.38. The predicted octanol–water partition coefficient (Wildman–Crippen LogP) is 4.34. The number of ether oxygens (including phenoxy) is 1. The summed E-state index contributed by atoms with van der Waals surface area (Å²) in [7, 11) is 0. The van der Waals surface area contributed by atoms with Gasteiger partial charge in [-0.1, -0.05) is 49.4 Å². The highest BCUT2D eigenvalue weighted by Gasteiger charge is 2.19. The summed E-state index contributed by atoms with van der Waals surface area (Å²) >= 11 is 0. The SMILES string of the molecule is CCC(NC(=O)C(C)Oc1cc(C)ccc1C)c1ccccc1. The molecule has 122 valence electrons. The topological polar surface area (TPSA) is 38.3 Å². The Morgan fingerprint density at radius 2 is 1.83 bits per heavy atom. The molecule has 0 radical (unpaired) electrons. The van der Waals surface area contributed by atoms with Gasteiger partial charge in [-0.25, -0.2) is 0 Å². The van der Waals surface area contributed by atoms with Gasteiger partial charge in [0.25, 0.3) is 5.91 Å². The zero-order chi connectivity index (χ0) is 16.8. The van der Waals surface area contributed by atoms with E-state index in [0.717, 1.165) is 28.9 Å². The first-order valence-corrected chi connectivity index (χ1v) is 8.10. The third-order valence-electron chi connectivity index (χ3n) is 3.94. The van der Waals surface area contributed by atoms with E-state index in [9.17, 15) is 4.79 Å². The standard InChI is InChI=1S/C20H25NO2/c1-5-18(17-9-7-6-8-10-17)21-20(22)16(4)23-19-13-14(2)11-12-15(19)3/h6-13,16,18H,5H2,1-4H3,(H,21,22). The van der Waals surface area contributed by atoms with Crippen LogP contribution < -0.4 is 10.1 Å². The van der Waals surface area contributed by atoms with Crippen LogP contribution in [0.1, 0.15) is 43.0 Å². The van der Waals surface area contributed by atoms with Crippen LogP contribution in [-0.2, 0) is 4.79 Å². The van der Waals surface area contributed by atoms with E-state index in [1.165, 1.54) is 0 Å². The number of benzene rings is 2. The van der Waals surface area contributed by atoms with Crippen molar-refractivity contribution in [3.63, 3.8) is 0 Å². The molecule has 0 aliphatic carbocycles. The summed E-state index contributed by atoms with van der Waals surface area (Å²) in [4.78, 5) is 12.5. The highest BCUT2D eigenvalue weighted by molar-refractivity contribution is 5.81. The fourth-order valence-corrected chi connectivity index (χ4v) is 2.47. The Hall–Kier alpha value is -2.29. The Morgan fingerprint density at radius 1 is 1.13 bits per heavy atom. The fourth-order valence-electron chi connectivity index (χ4n) is 2.47. The number of hydrogen-bond donors (Lipinski definition) is 1. The molecule has 3 nitrogen and oxygen atoms in total. The highest BCUT2D eigenvalue weighted by Crippen LogP contribution is 2.21. The molecule has 0 heterocycles. The maximum atomic E-state index is 12.5. The lowest BCUT2D eigenvalue weighted by atomic mass is 10.0. The summed E-state index contributed by atoms with van der Waals surface area (Å²) in [6.07, 6.45) is 0.305. The van der Waals surface area contributed by atoms with Crippen LogP contribution in [0.3, 0.4) is 0 Å². The monoisotopic (exact) mass is 311 g/mol. The largest absolute Gasteiger partial charge is 0.481 e. The van der Waals surface area contributed by atoms with Gasteiger partial charge in [-0.05, 0) is 49.9 Å². The minimum atomic E-state index is -0.534. The molecule has 23 heavy (non-hydrogen) atoms. The van der Waals surface area contributed by atoms with Crippen LogP contribution in [0.25, 0.3) is 0 Å². The Kier molecular flexibility index (Phi) is 5.80. The molecule has 0 fully saturated rings. The summed E-state index contributed by atoms with van der Waals surface area (Å²) in [5.41, 5.74) is 3.27. The first-order valence-electron chi connectivity index (χ1n) is 8.10. The van der Waals surface area contributed by atoms with Crippen LogP contribution >= 0.6 is 0 Å². The molecule has 0 aliphatic rings. The van der Waals surface area contributed by atoms with E-state index >= 15 is 0 Å². The molecule has 2 unspecified atom stereocenters. The quantitative estimate of drug-likeness (QED) is 0.862. The van der Waals surface area contributed by atoms with Gasteiger partial charge in [0, 0.05) is 0 Å². The molecule has 2 rings (SSSR count). The van der Waals surface area contributed by atoms with E-state index in [0.29, 0.717) is 0 Å². The Balaban J connectivity index is 2.03. The number of aryl methyl sites for hydroxylation is 2. The summed E-state index contributed by atoms with van der Waals surface area (Å²) in [5.74, 6) is 0.669. The highest BCUT2D eigenvalue weighted by atomic mass is 16.5. The molecule has 2 aromatic carbocycles. The van der Waals surface area contributed by atoms with Crippen LogP contribution in [0.15, 0.2) is 48.5 Å². The van der Waals surface area contributed by atoms with E-state index in [4.69, 9.17) is 4.74 Å². The van der Waals surface area contributed by atoms with Gasteiger partial charge in [-0.15, -0.1) is 0 Å². The zero-order valence-corrected chi connectivity index (χ0v) is 14.3. The van der Waals surface area contributed by atoms with Crippen molar-refractivity contribution in [2.45, 2.75) is 46.3 Å². The number of carbonyl (C=O) groups is 1. The molecule has 2 atom stereocenters. The lowest BCUT2D eigenvalue weighted by molar-refractivity contribution is -0.128. The van der Waals surface area contributed by atoms with Crippen molar-refractivity contribution in [2.75, 3.05) is 0 Å². The summed E-state index contributed by atoms with van der Waals surface area (Å²) in [6.45, 7) is 7.85. The smallest absolute Gasteiger partial charge is 0.261 e. The number of hydrogen-bond acceptors (Lipinski definition) is 2. The van der Waals surface area contributed by atoms with Crippen molar-refractivity contribution >= 4 is 5.91 Å². The van der Waals surface area contributed by atoms with Crippen LogP contribution in [0, 0.1) is 13.8 Å². The molecule has 0 saturated heterocycles. The second-order valence-electron chi connectivity index (χ2n) is 5.91. The number of nitrogens with one attached hydrogen (secondary N) is 1. The third kappa shape index (κ3) is 4.59. The van der Waals surface area contributed by atoms with Crippen molar-refractivity contribution in [1.82, 2.24) is 5.32 Å². The average Bonchev–Trinajstić information content (AvgIpc) is 2.56. The van der Waals surface area contributed by atoms with Crippen molar-refractivity contribution in [2.24, 2.45) is 0 Å². The van der Waals surface area contributed by atoms with E-state index in [-0.39, 0.29) is 11.9 Å². The van der Waals surface area contributed by atoms with E-state index < -0.39 is 6.10 Å². The van der Waals surface area contributed by atoms with Crippen LogP contribution in [0.2, 0.25) is 0 Å². The Labute approximate surface area is 138 Å². The van der Waals surface area contributed by atoms with Gasteiger partial charge in [-0.3, -0.25) is 4.79 Å². The molecule has 1 N–H and O–H groups in total. The predicted molar refractivity (Wildman–Crippen MR) is 93.6 cm³/mol. The molecule has 0 bridgehead atoms. The zero-order valence-electron chi connectivity index (χ0n) is 14.3. The summed E-state index contributed by atoms with van der Waals surface area (Å²) in [6, 6.07) is 16.0. The van der Waals surface area contributed by atoms with Crippen LogP contribution in [-0.4, -0.2) is 12.0 Å². The molecule has 1 amide bonds. The molecular weight excluding hydrogens is 286 g/mol. The normalized spacial score (nSPS) is 13.2. The number of rotatable bonds is 6. The molecule has 0 spiro atoms. The molecule has 0 aliphatic heterocycles. The van der Waals surface area contributed by atoms with Gasteiger partial charge in [0.2, 0.25) is 0 Å². The van der Waals surface area contributed by atoms with E-state index in [1.807, 2.05) is 62.4 Å². The molecular formula is C20H25NO2. The van der Waals surface area contributed by atoms with Gasteiger partial charge in [-0.2, -0.15) is 0 Å². The van der Waals surface area contributed by atoms with E-state index in [2.05, 4.69) is 12.2 Å². The van der Waals surface area contributed by atoms with Gasteiger partial charge < -0.3 is 10.1 Å². The number of amides is 1. The van der Waals surface area contributed by atoms with Crippen molar-refractivity contribution < 1.29 is 9.53 Å². The van der Waals surface area contributed by atoms with Crippen molar-refractivity contribution in [1.29, 1.82) is 0 Å². The molecule has 0 aromatic heterocycles. The van der Waals surface area contributed by atoms with Crippen LogP contribution in [0.5, 0.6) is 5.75 Å². The minimum absolute atomic E-state index is 0.00774.